The third-order valence-electron chi connectivity index (χ3n) is 6.68. The monoisotopic (exact) mass is 474 g/mol. The van der Waals surface area contributed by atoms with Gasteiger partial charge in [-0.2, -0.15) is 0 Å². The zero-order valence-electron chi connectivity index (χ0n) is 19.7. The van der Waals surface area contributed by atoms with E-state index < -0.39 is 0 Å². The Kier molecular flexibility index (Phi) is 5.34. The van der Waals surface area contributed by atoms with Crippen LogP contribution >= 0.6 is 12.2 Å². The molecule has 172 valence electrons. The molecule has 1 aliphatic heterocycles. The Morgan fingerprint density at radius 2 is 1.54 bits per heavy atom. The lowest BCUT2D eigenvalue weighted by Gasteiger charge is -2.29. The molecule has 0 aliphatic carbocycles. The summed E-state index contributed by atoms with van der Waals surface area (Å²) in [5.74, 6) is 0. The fraction of sp³-hybridized carbons (Fsp3) is 0.133. The van der Waals surface area contributed by atoms with E-state index in [0.717, 1.165) is 22.8 Å². The van der Waals surface area contributed by atoms with E-state index in [-0.39, 0.29) is 12.1 Å². The minimum atomic E-state index is -0.0846. The van der Waals surface area contributed by atoms with Gasteiger partial charge in [-0.3, -0.25) is 4.98 Å². The van der Waals surface area contributed by atoms with Gasteiger partial charge in [-0.25, -0.2) is 0 Å². The molecule has 3 heterocycles. The Morgan fingerprint density at radius 1 is 0.771 bits per heavy atom. The standard InChI is InChI=1S/C30H26N4S/c1-20-16-21(2)18-25(17-20)34-29(28(32-30(34)35)26-10-5-6-14-31-26)27-11-7-15-33(27)24-13-12-22-8-3-4-9-23(22)19-24/h3-19,28-29H,1-2H3,(H,32,35)/t28-,29-/m0/s1. The molecule has 0 bridgehead atoms. The third-order valence-corrected chi connectivity index (χ3v) is 6.99. The van der Waals surface area contributed by atoms with Crippen LogP contribution < -0.4 is 10.2 Å². The topological polar surface area (TPSA) is 33.1 Å². The van der Waals surface area contributed by atoms with Gasteiger partial charge in [0.2, 0.25) is 0 Å². The maximum absolute atomic E-state index is 5.94. The van der Waals surface area contributed by atoms with E-state index in [1.54, 1.807) is 0 Å². The number of thiocarbonyl (C=S) groups is 1. The van der Waals surface area contributed by atoms with Gasteiger partial charge < -0.3 is 14.8 Å². The van der Waals surface area contributed by atoms with Crippen molar-refractivity contribution in [2.45, 2.75) is 25.9 Å². The van der Waals surface area contributed by atoms with Crippen LogP contribution in [0, 0.1) is 13.8 Å². The Hall–Kier alpha value is -3.96. The predicted octanol–water partition coefficient (Wildman–Crippen LogP) is 6.82. The second-order valence-electron chi connectivity index (χ2n) is 9.18. The fourth-order valence-electron chi connectivity index (χ4n) is 5.22. The number of rotatable bonds is 4. The van der Waals surface area contributed by atoms with E-state index in [1.165, 1.54) is 21.9 Å². The van der Waals surface area contributed by atoms with Gasteiger partial charge in [-0.15, -0.1) is 0 Å². The van der Waals surface area contributed by atoms with Gasteiger partial charge in [0.05, 0.1) is 11.7 Å². The number of benzene rings is 3. The molecule has 0 amide bonds. The summed E-state index contributed by atoms with van der Waals surface area (Å²) in [6.45, 7) is 4.26. The fourth-order valence-corrected chi connectivity index (χ4v) is 5.57. The average Bonchev–Trinajstić information content (AvgIpc) is 3.48. The Morgan fingerprint density at radius 3 is 2.31 bits per heavy atom. The number of pyridine rings is 1. The predicted molar refractivity (Wildman–Crippen MR) is 147 cm³/mol. The van der Waals surface area contributed by atoms with Crippen LogP contribution in [-0.2, 0) is 0 Å². The first-order valence-corrected chi connectivity index (χ1v) is 12.2. The number of nitrogens with zero attached hydrogens (tertiary/aromatic N) is 3. The summed E-state index contributed by atoms with van der Waals surface area (Å²) in [7, 11) is 0. The summed E-state index contributed by atoms with van der Waals surface area (Å²) in [6.07, 6.45) is 3.98. The van der Waals surface area contributed by atoms with Gasteiger partial charge in [-0.1, -0.05) is 42.5 Å². The molecule has 0 unspecified atom stereocenters. The molecule has 1 saturated heterocycles. The van der Waals surface area contributed by atoms with Crippen LogP contribution in [0.25, 0.3) is 16.5 Å². The van der Waals surface area contributed by atoms with Crippen LogP contribution in [0.15, 0.2) is 103 Å². The average molecular weight is 475 g/mol. The normalized spacial score (nSPS) is 17.7. The van der Waals surface area contributed by atoms with Gasteiger partial charge in [0.15, 0.2) is 5.11 Å². The molecule has 35 heavy (non-hydrogen) atoms. The molecule has 1 N–H and O–H groups in total. The first-order valence-electron chi connectivity index (χ1n) is 11.8. The Balaban J connectivity index is 1.53. The molecule has 0 saturated carbocycles. The lowest BCUT2D eigenvalue weighted by Crippen LogP contribution is -2.30. The minimum absolute atomic E-state index is 0.0694. The van der Waals surface area contributed by atoms with E-state index in [4.69, 9.17) is 17.2 Å². The molecule has 0 radical (unpaired) electrons. The van der Waals surface area contributed by atoms with Crippen molar-refractivity contribution in [3.05, 3.63) is 126 Å². The molecule has 1 aliphatic rings. The molecule has 5 aromatic rings. The van der Waals surface area contributed by atoms with Crippen molar-refractivity contribution >= 4 is 33.8 Å². The second kappa shape index (κ2) is 8.67. The highest BCUT2D eigenvalue weighted by Crippen LogP contribution is 2.42. The van der Waals surface area contributed by atoms with Crippen LogP contribution in [0.5, 0.6) is 0 Å². The Bertz CT molecular complexity index is 1520. The summed E-state index contributed by atoms with van der Waals surface area (Å²) in [5, 5.41) is 6.75. The van der Waals surface area contributed by atoms with Crippen molar-refractivity contribution in [3.63, 3.8) is 0 Å². The van der Waals surface area contributed by atoms with Crippen molar-refractivity contribution in [1.82, 2.24) is 14.9 Å². The molecule has 2 aromatic heterocycles. The summed E-state index contributed by atoms with van der Waals surface area (Å²) >= 11 is 5.94. The first kappa shape index (κ1) is 21.6. The van der Waals surface area contributed by atoms with Crippen molar-refractivity contribution in [1.29, 1.82) is 0 Å². The molecule has 6 rings (SSSR count). The number of anilines is 1. The highest BCUT2D eigenvalue weighted by molar-refractivity contribution is 7.80. The van der Waals surface area contributed by atoms with Gasteiger partial charge in [0, 0.05) is 29.5 Å². The van der Waals surface area contributed by atoms with Crippen LogP contribution in [0.1, 0.15) is 34.6 Å². The number of aryl methyl sites for hydroxylation is 2. The number of nitrogens with one attached hydrogen (secondary N) is 1. The van der Waals surface area contributed by atoms with Crippen molar-refractivity contribution < 1.29 is 0 Å². The molecule has 3 aromatic carbocycles. The molecular formula is C30H26N4S. The van der Waals surface area contributed by atoms with Gasteiger partial charge in [-0.05, 0) is 96.5 Å². The third kappa shape index (κ3) is 3.88. The number of hydrogen-bond acceptors (Lipinski definition) is 2. The molecule has 4 nitrogen and oxygen atoms in total. The smallest absolute Gasteiger partial charge is 0.174 e. The number of fused-ring (bicyclic) bond motifs is 1. The zero-order chi connectivity index (χ0) is 23.9. The van der Waals surface area contributed by atoms with Crippen molar-refractivity contribution in [2.24, 2.45) is 0 Å². The van der Waals surface area contributed by atoms with Crippen LogP contribution in [-0.4, -0.2) is 14.7 Å². The first-order chi connectivity index (χ1) is 17.1. The van der Waals surface area contributed by atoms with Crippen molar-refractivity contribution in [2.75, 3.05) is 4.90 Å². The zero-order valence-corrected chi connectivity index (χ0v) is 20.5. The summed E-state index contributed by atoms with van der Waals surface area (Å²) in [5.41, 5.74) is 6.78. The van der Waals surface area contributed by atoms with E-state index in [9.17, 15) is 0 Å². The minimum Gasteiger partial charge on any atom is -0.351 e. The van der Waals surface area contributed by atoms with E-state index in [2.05, 4.69) is 114 Å². The molecule has 2 atom stereocenters. The largest absolute Gasteiger partial charge is 0.351 e. The van der Waals surface area contributed by atoms with E-state index in [1.807, 2.05) is 18.3 Å². The van der Waals surface area contributed by atoms with E-state index in [0.29, 0.717) is 5.11 Å². The summed E-state index contributed by atoms with van der Waals surface area (Å²) < 4.78 is 2.28. The maximum Gasteiger partial charge on any atom is 0.174 e. The quantitative estimate of drug-likeness (QED) is 0.290. The van der Waals surface area contributed by atoms with Crippen LogP contribution in [0.4, 0.5) is 5.69 Å². The highest BCUT2D eigenvalue weighted by atomic mass is 32.1. The molecule has 0 spiro atoms. The summed E-state index contributed by atoms with van der Waals surface area (Å²) in [6, 6.07) is 31.9. The molecule has 5 heteroatoms. The second-order valence-corrected chi connectivity index (χ2v) is 9.56. The van der Waals surface area contributed by atoms with Crippen LogP contribution in [0.2, 0.25) is 0 Å². The maximum atomic E-state index is 5.94. The van der Waals surface area contributed by atoms with E-state index >= 15 is 0 Å². The number of hydrogen-bond donors (Lipinski definition) is 1. The Labute approximate surface area is 210 Å². The van der Waals surface area contributed by atoms with Gasteiger partial charge in [0.1, 0.15) is 6.04 Å². The number of aromatic nitrogens is 2. The SMILES string of the molecule is Cc1cc(C)cc(N2C(=S)N[C@@H](c3ccccn3)[C@@H]2c2cccn2-c2ccc3ccccc3c2)c1. The lowest BCUT2D eigenvalue weighted by molar-refractivity contribution is 0.549. The van der Waals surface area contributed by atoms with Gasteiger partial charge in [0.25, 0.3) is 0 Å². The molecular weight excluding hydrogens is 448 g/mol. The highest BCUT2D eigenvalue weighted by Gasteiger charge is 2.42. The van der Waals surface area contributed by atoms with Crippen LogP contribution in [0.3, 0.4) is 0 Å². The van der Waals surface area contributed by atoms with Crippen molar-refractivity contribution in [3.8, 4) is 5.69 Å². The molecule has 1 fully saturated rings. The van der Waals surface area contributed by atoms with Gasteiger partial charge >= 0.3 is 0 Å². The summed E-state index contributed by atoms with van der Waals surface area (Å²) in [4.78, 5) is 6.96. The lowest BCUT2D eigenvalue weighted by atomic mass is 10.00.